The van der Waals surface area contributed by atoms with Crippen molar-refractivity contribution in [1.29, 1.82) is 0 Å². The van der Waals surface area contributed by atoms with Crippen molar-refractivity contribution in [2.75, 3.05) is 14.1 Å². The van der Waals surface area contributed by atoms with E-state index in [9.17, 15) is 0 Å². The van der Waals surface area contributed by atoms with Crippen LogP contribution in [0.5, 0.6) is 0 Å². The summed E-state index contributed by atoms with van der Waals surface area (Å²) in [5, 5.41) is 6.88. The number of aromatic nitrogens is 3. The summed E-state index contributed by atoms with van der Waals surface area (Å²) in [5.74, 6) is 0.935. The van der Waals surface area contributed by atoms with E-state index >= 15 is 0 Å². The highest BCUT2D eigenvalue weighted by molar-refractivity contribution is 7.71. The van der Waals surface area contributed by atoms with Gasteiger partial charge in [-0.1, -0.05) is 0 Å². The van der Waals surface area contributed by atoms with E-state index in [1.807, 2.05) is 11.5 Å². The lowest BCUT2D eigenvalue weighted by Crippen LogP contribution is -2.42. The van der Waals surface area contributed by atoms with Crippen LogP contribution in [0.15, 0.2) is 0 Å². The van der Waals surface area contributed by atoms with E-state index in [0.29, 0.717) is 4.77 Å². The third-order valence-electron chi connectivity index (χ3n) is 2.70. The van der Waals surface area contributed by atoms with Crippen molar-refractivity contribution in [1.82, 2.24) is 19.7 Å². The van der Waals surface area contributed by atoms with Crippen molar-refractivity contribution < 1.29 is 0 Å². The molecule has 0 spiro atoms. The Bertz CT molecular complexity index is 361. The zero-order valence-electron chi connectivity index (χ0n) is 9.46. The number of hydrogen-bond donors (Lipinski definition) is 1. The fraction of sp³-hybridized carbons (Fsp3) is 0.778. The molecule has 0 amide bonds. The van der Waals surface area contributed by atoms with Gasteiger partial charge in [-0.15, -0.1) is 0 Å². The van der Waals surface area contributed by atoms with Gasteiger partial charge < -0.3 is 9.47 Å². The predicted molar refractivity (Wildman–Crippen MR) is 59.9 cm³/mol. The highest BCUT2D eigenvalue weighted by Crippen LogP contribution is 2.14. The molecule has 1 aromatic rings. The van der Waals surface area contributed by atoms with Gasteiger partial charge in [0.15, 0.2) is 4.77 Å². The summed E-state index contributed by atoms with van der Waals surface area (Å²) in [6, 6.07) is 0. The number of likely N-dealkylation sites (N-methyl/N-ethyl adjacent to an activating group) is 1. The molecule has 1 N–H and O–H groups in total. The minimum Gasteiger partial charge on any atom is -0.303 e. The molecule has 0 fully saturated rings. The Kier molecular flexibility index (Phi) is 3.11. The van der Waals surface area contributed by atoms with Crippen LogP contribution in [0.2, 0.25) is 0 Å². The van der Waals surface area contributed by atoms with E-state index in [1.54, 1.807) is 0 Å². The molecule has 1 aromatic heterocycles. The maximum atomic E-state index is 5.15. The minimum absolute atomic E-state index is 0.0763. The largest absolute Gasteiger partial charge is 0.303 e. The molecule has 0 aliphatic rings. The highest BCUT2D eigenvalue weighted by Gasteiger charge is 2.22. The second kappa shape index (κ2) is 3.82. The van der Waals surface area contributed by atoms with Gasteiger partial charge in [-0.25, -0.2) is 0 Å². The molecule has 0 aliphatic carbocycles. The van der Waals surface area contributed by atoms with Crippen LogP contribution < -0.4 is 0 Å². The van der Waals surface area contributed by atoms with Crippen molar-refractivity contribution in [3.8, 4) is 0 Å². The minimum atomic E-state index is 0.0763. The quantitative estimate of drug-likeness (QED) is 0.776. The van der Waals surface area contributed by atoms with Gasteiger partial charge >= 0.3 is 0 Å². The zero-order valence-corrected chi connectivity index (χ0v) is 10.3. The average Bonchev–Trinajstić information content (AvgIpc) is 2.35. The number of rotatable bonds is 3. The molecule has 1 heterocycles. The van der Waals surface area contributed by atoms with Gasteiger partial charge in [0.1, 0.15) is 5.82 Å². The lowest BCUT2D eigenvalue weighted by Gasteiger charge is -2.32. The third kappa shape index (κ3) is 2.22. The van der Waals surface area contributed by atoms with Crippen LogP contribution in [0.4, 0.5) is 0 Å². The first kappa shape index (κ1) is 11.4. The summed E-state index contributed by atoms with van der Waals surface area (Å²) in [4.78, 5) is 2.18. The summed E-state index contributed by atoms with van der Waals surface area (Å²) in [6.45, 7) is 7.17. The molecule has 14 heavy (non-hydrogen) atoms. The SMILES string of the molecule is Cc1n[nH]c(=S)n1CC(C)(C)N(C)C. The Balaban J connectivity index is 2.94. The Morgan fingerprint density at radius 3 is 2.43 bits per heavy atom. The van der Waals surface area contributed by atoms with E-state index in [2.05, 4.69) is 43.0 Å². The summed E-state index contributed by atoms with van der Waals surface area (Å²) < 4.78 is 2.72. The third-order valence-corrected chi connectivity index (χ3v) is 3.02. The fourth-order valence-corrected chi connectivity index (χ4v) is 1.35. The first-order chi connectivity index (χ1) is 6.34. The van der Waals surface area contributed by atoms with Crippen molar-refractivity contribution >= 4 is 12.2 Å². The van der Waals surface area contributed by atoms with Crippen molar-refractivity contribution in [2.45, 2.75) is 32.9 Å². The number of hydrogen-bond acceptors (Lipinski definition) is 3. The molecule has 0 saturated carbocycles. The monoisotopic (exact) mass is 214 g/mol. The number of H-pyrrole nitrogens is 1. The van der Waals surface area contributed by atoms with Crippen LogP contribution in [-0.4, -0.2) is 39.3 Å². The molecule has 0 saturated heterocycles. The molecule has 0 atom stereocenters. The molecule has 0 aliphatic heterocycles. The standard InChI is InChI=1S/C9H18N4S/c1-7-10-11-8(14)13(7)6-9(2,3)12(4)5/h6H2,1-5H3,(H,11,14). The molecule has 80 valence electrons. The molecule has 0 aromatic carbocycles. The molecule has 0 bridgehead atoms. The fourth-order valence-electron chi connectivity index (χ4n) is 1.11. The topological polar surface area (TPSA) is 36.9 Å². The maximum absolute atomic E-state index is 5.15. The molecule has 0 unspecified atom stereocenters. The second-order valence-electron chi connectivity index (χ2n) is 4.37. The van der Waals surface area contributed by atoms with Crippen LogP contribution >= 0.6 is 12.2 Å². The van der Waals surface area contributed by atoms with Crippen molar-refractivity contribution in [3.05, 3.63) is 10.6 Å². The highest BCUT2D eigenvalue weighted by atomic mass is 32.1. The lowest BCUT2D eigenvalue weighted by molar-refractivity contribution is 0.168. The molecular weight excluding hydrogens is 196 g/mol. The summed E-state index contributed by atoms with van der Waals surface area (Å²) >= 11 is 5.15. The summed E-state index contributed by atoms with van der Waals surface area (Å²) in [7, 11) is 4.14. The van der Waals surface area contributed by atoms with Crippen LogP contribution in [0.3, 0.4) is 0 Å². The smallest absolute Gasteiger partial charge is 0.195 e. The van der Waals surface area contributed by atoms with Crippen molar-refractivity contribution in [3.63, 3.8) is 0 Å². The summed E-state index contributed by atoms with van der Waals surface area (Å²) in [6.07, 6.45) is 0. The van der Waals surface area contributed by atoms with E-state index in [4.69, 9.17) is 12.2 Å². The normalized spacial score (nSPS) is 12.4. The maximum Gasteiger partial charge on any atom is 0.195 e. The lowest BCUT2D eigenvalue weighted by atomic mass is 10.0. The first-order valence-corrected chi connectivity index (χ1v) is 5.04. The van der Waals surface area contributed by atoms with E-state index in [1.165, 1.54) is 0 Å². The second-order valence-corrected chi connectivity index (χ2v) is 4.76. The Morgan fingerprint density at radius 2 is 2.07 bits per heavy atom. The van der Waals surface area contributed by atoms with E-state index < -0.39 is 0 Å². The number of aromatic amines is 1. The Hall–Kier alpha value is -0.680. The molecule has 4 nitrogen and oxygen atoms in total. The predicted octanol–water partition coefficient (Wildman–Crippen LogP) is 1.59. The van der Waals surface area contributed by atoms with Crippen LogP contribution in [0.25, 0.3) is 0 Å². The van der Waals surface area contributed by atoms with E-state index in [0.717, 1.165) is 12.4 Å². The molecule has 1 rings (SSSR count). The summed E-state index contributed by atoms with van der Waals surface area (Å²) in [5.41, 5.74) is 0.0763. The Labute approximate surface area is 89.9 Å². The number of nitrogens with zero attached hydrogens (tertiary/aromatic N) is 3. The zero-order chi connectivity index (χ0) is 10.9. The molecule has 5 heteroatoms. The number of nitrogens with one attached hydrogen (secondary N) is 1. The van der Waals surface area contributed by atoms with E-state index in [-0.39, 0.29) is 5.54 Å². The van der Waals surface area contributed by atoms with Gasteiger partial charge in [-0.2, -0.15) is 5.10 Å². The van der Waals surface area contributed by atoms with Gasteiger partial charge in [-0.3, -0.25) is 5.10 Å². The Morgan fingerprint density at radius 1 is 1.50 bits per heavy atom. The van der Waals surface area contributed by atoms with Gasteiger partial charge in [-0.05, 0) is 47.1 Å². The number of aryl methyl sites for hydroxylation is 1. The van der Waals surface area contributed by atoms with Crippen LogP contribution in [-0.2, 0) is 6.54 Å². The van der Waals surface area contributed by atoms with Gasteiger partial charge in [0.05, 0.1) is 0 Å². The van der Waals surface area contributed by atoms with Crippen LogP contribution in [0, 0.1) is 11.7 Å². The van der Waals surface area contributed by atoms with Gasteiger partial charge in [0, 0.05) is 12.1 Å². The first-order valence-electron chi connectivity index (χ1n) is 4.64. The van der Waals surface area contributed by atoms with Gasteiger partial charge in [0.2, 0.25) is 0 Å². The molecule has 0 radical (unpaired) electrons. The molecular formula is C9H18N4S. The van der Waals surface area contributed by atoms with Crippen molar-refractivity contribution in [2.24, 2.45) is 0 Å². The van der Waals surface area contributed by atoms with Gasteiger partial charge in [0.25, 0.3) is 0 Å². The van der Waals surface area contributed by atoms with Crippen LogP contribution in [0.1, 0.15) is 19.7 Å². The average molecular weight is 214 g/mol.